The van der Waals surface area contributed by atoms with Crippen LogP contribution in [0.4, 0.5) is 11.4 Å². The van der Waals surface area contributed by atoms with Crippen LogP contribution in [0, 0.1) is 6.92 Å². The van der Waals surface area contributed by atoms with Gasteiger partial charge in [0, 0.05) is 12.6 Å². The molecule has 0 unspecified atom stereocenters. The normalized spacial score (nSPS) is 10.9. The molecule has 0 aliphatic heterocycles. The van der Waals surface area contributed by atoms with Crippen molar-refractivity contribution >= 4 is 27.3 Å². The first-order chi connectivity index (χ1) is 11.4. The third-order valence-electron chi connectivity index (χ3n) is 3.44. The van der Waals surface area contributed by atoms with Crippen LogP contribution in [-0.2, 0) is 14.8 Å². The van der Waals surface area contributed by atoms with Crippen molar-refractivity contribution in [1.29, 1.82) is 0 Å². The van der Waals surface area contributed by atoms with Crippen LogP contribution in [-0.4, -0.2) is 20.9 Å². The van der Waals surface area contributed by atoms with Crippen LogP contribution in [0.1, 0.15) is 12.5 Å². The largest absolute Gasteiger partial charge is 0.326 e. The van der Waals surface area contributed by atoms with Gasteiger partial charge in [-0.1, -0.05) is 24.3 Å². The van der Waals surface area contributed by atoms with E-state index in [9.17, 15) is 13.2 Å². The molecule has 2 rings (SSSR count). The number of benzene rings is 2. The molecular formula is C18H20N2O3S. The van der Waals surface area contributed by atoms with Crippen molar-refractivity contribution in [2.24, 2.45) is 0 Å². The summed E-state index contributed by atoms with van der Waals surface area (Å²) in [5.41, 5.74) is 2.02. The predicted molar refractivity (Wildman–Crippen MR) is 96.7 cm³/mol. The first-order valence-electron chi connectivity index (χ1n) is 7.43. The lowest BCUT2D eigenvalue weighted by atomic mass is 10.2. The average Bonchev–Trinajstić information content (AvgIpc) is 2.53. The number of carbonyl (C=O) groups excluding carboxylic acids is 1. The lowest BCUT2D eigenvalue weighted by Gasteiger charge is -2.24. The van der Waals surface area contributed by atoms with Crippen molar-refractivity contribution < 1.29 is 13.2 Å². The molecule has 0 atom stereocenters. The molecule has 24 heavy (non-hydrogen) atoms. The maximum Gasteiger partial charge on any atom is 0.264 e. The zero-order valence-electron chi connectivity index (χ0n) is 13.7. The topological polar surface area (TPSA) is 66.5 Å². The van der Waals surface area contributed by atoms with Gasteiger partial charge in [-0.2, -0.15) is 0 Å². The number of nitrogens with zero attached hydrogens (tertiary/aromatic N) is 1. The molecule has 0 saturated heterocycles. The number of nitrogens with one attached hydrogen (secondary N) is 1. The number of anilines is 2. The Morgan fingerprint density at radius 1 is 1.17 bits per heavy atom. The minimum absolute atomic E-state index is 0.154. The first-order valence-corrected chi connectivity index (χ1v) is 8.87. The van der Waals surface area contributed by atoms with E-state index in [-0.39, 0.29) is 17.3 Å². The Labute approximate surface area is 142 Å². The van der Waals surface area contributed by atoms with E-state index in [2.05, 4.69) is 11.9 Å². The molecule has 0 heterocycles. The molecule has 0 aliphatic carbocycles. The Hall–Kier alpha value is -2.60. The molecule has 0 aromatic heterocycles. The minimum atomic E-state index is -3.73. The van der Waals surface area contributed by atoms with Crippen LogP contribution in [0.25, 0.3) is 0 Å². The number of para-hydroxylation sites is 1. The molecule has 0 saturated carbocycles. The molecule has 126 valence electrons. The third kappa shape index (κ3) is 3.83. The van der Waals surface area contributed by atoms with Gasteiger partial charge in [-0.3, -0.25) is 9.10 Å². The summed E-state index contributed by atoms with van der Waals surface area (Å²) in [5, 5.41) is 2.62. The van der Waals surface area contributed by atoms with Crippen LogP contribution in [0.2, 0.25) is 0 Å². The Morgan fingerprint density at radius 3 is 2.33 bits per heavy atom. The Balaban J connectivity index is 2.43. The van der Waals surface area contributed by atoms with Crippen molar-refractivity contribution in [1.82, 2.24) is 0 Å². The van der Waals surface area contributed by atoms with Gasteiger partial charge >= 0.3 is 0 Å². The maximum atomic E-state index is 13.0. The number of rotatable bonds is 6. The molecule has 1 amide bonds. The van der Waals surface area contributed by atoms with Crippen LogP contribution >= 0.6 is 0 Å². The highest BCUT2D eigenvalue weighted by molar-refractivity contribution is 7.92. The lowest BCUT2D eigenvalue weighted by molar-refractivity contribution is -0.114. The molecule has 2 aromatic rings. The number of aryl methyl sites for hydroxylation is 1. The molecule has 1 N–H and O–H groups in total. The summed E-state index contributed by atoms with van der Waals surface area (Å²) in [7, 11) is -3.73. The van der Waals surface area contributed by atoms with Crippen LogP contribution in [0.5, 0.6) is 0 Å². The molecule has 5 nitrogen and oxygen atoms in total. The van der Waals surface area contributed by atoms with E-state index in [1.807, 2.05) is 19.1 Å². The summed E-state index contributed by atoms with van der Waals surface area (Å²) >= 11 is 0. The second-order valence-electron chi connectivity index (χ2n) is 5.32. The molecule has 2 aromatic carbocycles. The van der Waals surface area contributed by atoms with Crippen molar-refractivity contribution in [3.63, 3.8) is 0 Å². The molecule has 0 bridgehead atoms. The first kappa shape index (κ1) is 17.7. The lowest BCUT2D eigenvalue weighted by Crippen LogP contribution is -2.31. The molecule has 0 spiro atoms. The zero-order valence-corrected chi connectivity index (χ0v) is 14.5. The van der Waals surface area contributed by atoms with Crippen LogP contribution < -0.4 is 9.62 Å². The highest BCUT2D eigenvalue weighted by Crippen LogP contribution is 2.27. The molecular weight excluding hydrogens is 324 g/mol. The number of sulfonamides is 1. The molecule has 6 heteroatoms. The van der Waals surface area contributed by atoms with Gasteiger partial charge in [-0.25, -0.2) is 8.42 Å². The van der Waals surface area contributed by atoms with Crippen molar-refractivity contribution in [3.8, 4) is 0 Å². The SMILES string of the molecule is C=CCN(c1ccccc1C)S(=O)(=O)c1ccc(NC(C)=O)cc1. The minimum Gasteiger partial charge on any atom is -0.326 e. The van der Waals surface area contributed by atoms with Crippen LogP contribution in [0.3, 0.4) is 0 Å². The Bertz CT molecular complexity index is 843. The average molecular weight is 344 g/mol. The van der Waals surface area contributed by atoms with E-state index in [0.29, 0.717) is 11.4 Å². The zero-order chi connectivity index (χ0) is 17.7. The van der Waals surface area contributed by atoms with E-state index < -0.39 is 10.0 Å². The summed E-state index contributed by atoms with van der Waals surface area (Å²) in [6.07, 6.45) is 1.55. The van der Waals surface area contributed by atoms with E-state index in [1.165, 1.54) is 23.4 Å². The fourth-order valence-electron chi connectivity index (χ4n) is 2.33. The number of carbonyl (C=O) groups is 1. The summed E-state index contributed by atoms with van der Waals surface area (Å²) in [6.45, 7) is 7.08. The van der Waals surface area contributed by atoms with Gasteiger partial charge in [0.2, 0.25) is 5.91 Å². The van der Waals surface area contributed by atoms with Gasteiger partial charge in [-0.15, -0.1) is 6.58 Å². The fraction of sp³-hybridized carbons (Fsp3) is 0.167. The van der Waals surface area contributed by atoms with E-state index in [1.54, 1.807) is 30.3 Å². The summed E-state index contributed by atoms with van der Waals surface area (Å²) in [6, 6.07) is 13.4. The highest BCUT2D eigenvalue weighted by atomic mass is 32.2. The van der Waals surface area contributed by atoms with Crippen molar-refractivity contribution in [2.75, 3.05) is 16.2 Å². The summed E-state index contributed by atoms with van der Waals surface area (Å²) in [5.74, 6) is -0.209. The molecule has 0 aliphatic rings. The van der Waals surface area contributed by atoms with Gasteiger partial charge in [0.05, 0.1) is 17.1 Å². The van der Waals surface area contributed by atoms with Gasteiger partial charge < -0.3 is 5.32 Å². The number of hydrogen-bond acceptors (Lipinski definition) is 3. The summed E-state index contributed by atoms with van der Waals surface area (Å²) in [4.78, 5) is 11.2. The van der Waals surface area contributed by atoms with Crippen LogP contribution in [0.15, 0.2) is 66.1 Å². The monoisotopic (exact) mass is 344 g/mol. The van der Waals surface area contributed by atoms with Crippen molar-refractivity contribution in [3.05, 3.63) is 66.7 Å². The second kappa shape index (κ2) is 7.31. The third-order valence-corrected chi connectivity index (χ3v) is 5.24. The van der Waals surface area contributed by atoms with Gasteiger partial charge in [0.1, 0.15) is 0 Å². The smallest absolute Gasteiger partial charge is 0.264 e. The maximum absolute atomic E-state index is 13.0. The van der Waals surface area contributed by atoms with E-state index in [0.717, 1.165) is 5.56 Å². The quantitative estimate of drug-likeness (QED) is 0.817. The number of hydrogen-bond donors (Lipinski definition) is 1. The van der Waals surface area contributed by atoms with Gasteiger partial charge in [0.15, 0.2) is 0 Å². The second-order valence-corrected chi connectivity index (χ2v) is 7.18. The highest BCUT2D eigenvalue weighted by Gasteiger charge is 2.24. The standard InChI is InChI=1S/C18H20N2O3S/c1-4-13-20(18-8-6-5-7-14(18)2)24(22,23)17-11-9-16(10-12-17)19-15(3)21/h4-12H,1,13H2,2-3H3,(H,19,21). The van der Waals surface area contributed by atoms with Gasteiger partial charge in [0.25, 0.3) is 10.0 Å². The van der Waals surface area contributed by atoms with E-state index >= 15 is 0 Å². The fourth-order valence-corrected chi connectivity index (χ4v) is 3.83. The Morgan fingerprint density at radius 2 is 1.79 bits per heavy atom. The molecule has 0 radical (unpaired) electrons. The number of amides is 1. The Kier molecular flexibility index (Phi) is 5.41. The van der Waals surface area contributed by atoms with Gasteiger partial charge in [-0.05, 0) is 42.8 Å². The summed E-state index contributed by atoms with van der Waals surface area (Å²) < 4.78 is 27.3. The predicted octanol–water partition coefficient (Wildman–Crippen LogP) is 3.33. The molecule has 0 fully saturated rings. The van der Waals surface area contributed by atoms with Crippen molar-refractivity contribution in [2.45, 2.75) is 18.7 Å². The van der Waals surface area contributed by atoms with E-state index in [4.69, 9.17) is 0 Å².